The summed E-state index contributed by atoms with van der Waals surface area (Å²) in [5, 5.41) is 9.93. The van der Waals surface area contributed by atoms with E-state index in [0.29, 0.717) is 18.4 Å². The number of thiophene rings is 1. The number of halogens is 1. The van der Waals surface area contributed by atoms with Gasteiger partial charge >= 0.3 is 0 Å². The number of hydrogen-bond donors (Lipinski definition) is 0. The zero-order valence-electron chi connectivity index (χ0n) is 12.9. The highest BCUT2D eigenvalue weighted by Crippen LogP contribution is 2.24. The van der Waals surface area contributed by atoms with Gasteiger partial charge in [0.2, 0.25) is 5.88 Å². The standard InChI is InChI=1S/C16H18BrN3O2S/c1-11-2-3-15(19-18-11)22-9-12-4-6-20(7-5-12)16(21)14-8-13(17)10-23-14/h2-3,8,10,12H,4-7,9H2,1H3. The SMILES string of the molecule is Cc1ccc(OCC2CCN(C(=O)c3cc(Br)cs3)CC2)nn1. The number of piperidine rings is 1. The molecule has 0 saturated carbocycles. The topological polar surface area (TPSA) is 55.3 Å². The second-order valence-electron chi connectivity index (χ2n) is 5.69. The number of amides is 1. The van der Waals surface area contributed by atoms with Crippen LogP contribution >= 0.6 is 27.3 Å². The van der Waals surface area contributed by atoms with Gasteiger partial charge in [0.25, 0.3) is 5.91 Å². The Labute approximate surface area is 147 Å². The van der Waals surface area contributed by atoms with Gasteiger partial charge in [0.15, 0.2) is 0 Å². The van der Waals surface area contributed by atoms with Crippen molar-refractivity contribution in [2.45, 2.75) is 19.8 Å². The summed E-state index contributed by atoms with van der Waals surface area (Å²) in [6, 6.07) is 5.62. The van der Waals surface area contributed by atoms with Gasteiger partial charge in [-0.2, -0.15) is 5.10 Å². The molecule has 1 aliphatic rings. The summed E-state index contributed by atoms with van der Waals surface area (Å²) in [7, 11) is 0. The molecule has 5 nitrogen and oxygen atoms in total. The predicted octanol–water partition coefficient (Wildman–Crippen LogP) is 3.54. The van der Waals surface area contributed by atoms with Gasteiger partial charge in [-0.1, -0.05) is 0 Å². The van der Waals surface area contributed by atoms with E-state index in [1.807, 2.05) is 35.4 Å². The fraction of sp³-hybridized carbons (Fsp3) is 0.438. The van der Waals surface area contributed by atoms with Crippen LogP contribution in [0.25, 0.3) is 0 Å². The Balaban J connectivity index is 1.46. The monoisotopic (exact) mass is 395 g/mol. The molecule has 2 aromatic rings. The summed E-state index contributed by atoms with van der Waals surface area (Å²) in [5.74, 6) is 1.15. The maximum atomic E-state index is 12.4. The third-order valence-electron chi connectivity index (χ3n) is 3.92. The van der Waals surface area contributed by atoms with Crippen LogP contribution in [-0.4, -0.2) is 40.7 Å². The third-order valence-corrected chi connectivity index (χ3v) is 5.60. The van der Waals surface area contributed by atoms with Gasteiger partial charge in [-0.25, -0.2) is 0 Å². The van der Waals surface area contributed by atoms with Crippen molar-refractivity contribution in [1.82, 2.24) is 15.1 Å². The van der Waals surface area contributed by atoms with Gasteiger partial charge in [-0.3, -0.25) is 4.79 Å². The summed E-state index contributed by atoms with van der Waals surface area (Å²) in [5.41, 5.74) is 0.879. The second-order valence-corrected chi connectivity index (χ2v) is 7.52. The highest BCUT2D eigenvalue weighted by Gasteiger charge is 2.24. The lowest BCUT2D eigenvalue weighted by Crippen LogP contribution is -2.39. The number of carbonyl (C=O) groups is 1. The summed E-state index contributed by atoms with van der Waals surface area (Å²) in [6.07, 6.45) is 1.91. The summed E-state index contributed by atoms with van der Waals surface area (Å²) in [6.45, 7) is 4.09. The lowest BCUT2D eigenvalue weighted by atomic mass is 9.98. The van der Waals surface area contributed by atoms with Crippen LogP contribution in [0.5, 0.6) is 5.88 Å². The molecule has 1 amide bonds. The average molecular weight is 396 g/mol. The summed E-state index contributed by atoms with van der Waals surface area (Å²) in [4.78, 5) is 15.1. The number of nitrogens with zero attached hydrogens (tertiary/aromatic N) is 3. The highest BCUT2D eigenvalue weighted by atomic mass is 79.9. The van der Waals surface area contributed by atoms with Crippen molar-refractivity contribution < 1.29 is 9.53 Å². The molecule has 0 spiro atoms. The van der Waals surface area contributed by atoms with Crippen LogP contribution in [0, 0.1) is 12.8 Å². The molecule has 0 aromatic carbocycles. The number of hydrogen-bond acceptors (Lipinski definition) is 5. The number of carbonyl (C=O) groups excluding carboxylic acids is 1. The number of aryl methyl sites for hydroxylation is 1. The first-order chi connectivity index (χ1) is 11.1. The number of ether oxygens (including phenoxy) is 1. The lowest BCUT2D eigenvalue weighted by Gasteiger charge is -2.31. The maximum Gasteiger partial charge on any atom is 0.263 e. The minimum atomic E-state index is 0.129. The van der Waals surface area contributed by atoms with E-state index in [1.165, 1.54) is 11.3 Å². The Hall–Kier alpha value is -1.47. The van der Waals surface area contributed by atoms with Crippen LogP contribution in [0.2, 0.25) is 0 Å². The maximum absolute atomic E-state index is 12.4. The van der Waals surface area contributed by atoms with E-state index < -0.39 is 0 Å². The first-order valence-corrected chi connectivity index (χ1v) is 9.25. The van der Waals surface area contributed by atoms with Crippen molar-refractivity contribution in [3.05, 3.63) is 38.6 Å². The molecule has 7 heteroatoms. The molecule has 3 rings (SSSR count). The lowest BCUT2D eigenvalue weighted by molar-refractivity contribution is 0.0663. The number of likely N-dealkylation sites (tertiary alicyclic amines) is 1. The van der Waals surface area contributed by atoms with Gasteiger partial charge in [-0.05, 0) is 53.7 Å². The van der Waals surface area contributed by atoms with Gasteiger partial charge < -0.3 is 9.64 Å². The van der Waals surface area contributed by atoms with E-state index in [1.54, 1.807) is 0 Å². The van der Waals surface area contributed by atoms with Crippen molar-refractivity contribution >= 4 is 33.2 Å². The predicted molar refractivity (Wildman–Crippen MR) is 92.9 cm³/mol. The molecule has 3 heterocycles. The summed E-state index contributed by atoms with van der Waals surface area (Å²) < 4.78 is 6.67. The minimum Gasteiger partial charge on any atom is -0.476 e. The molecule has 122 valence electrons. The molecule has 0 bridgehead atoms. The molecule has 0 radical (unpaired) electrons. The van der Waals surface area contributed by atoms with E-state index in [2.05, 4.69) is 26.1 Å². The Kier molecular flexibility index (Phi) is 5.27. The zero-order valence-corrected chi connectivity index (χ0v) is 15.3. The molecule has 0 N–H and O–H groups in total. The van der Waals surface area contributed by atoms with Crippen LogP contribution in [0.15, 0.2) is 28.1 Å². The smallest absolute Gasteiger partial charge is 0.263 e. The van der Waals surface area contributed by atoms with Crippen LogP contribution < -0.4 is 4.74 Å². The molecular formula is C16H18BrN3O2S. The third kappa shape index (κ3) is 4.29. The minimum absolute atomic E-state index is 0.129. The first kappa shape index (κ1) is 16.4. The first-order valence-electron chi connectivity index (χ1n) is 7.58. The number of rotatable bonds is 4. The van der Waals surface area contributed by atoms with Gasteiger partial charge in [-0.15, -0.1) is 16.4 Å². The Morgan fingerprint density at radius 1 is 1.39 bits per heavy atom. The molecular weight excluding hydrogens is 378 g/mol. The van der Waals surface area contributed by atoms with Crippen LogP contribution in [0.3, 0.4) is 0 Å². The molecule has 23 heavy (non-hydrogen) atoms. The Morgan fingerprint density at radius 2 is 2.17 bits per heavy atom. The second kappa shape index (κ2) is 7.40. The van der Waals surface area contributed by atoms with Crippen LogP contribution in [0.1, 0.15) is 28.2 Å². The normalized spacial score (nSPS) is 15.7. The summed E-state index contributed by atoms with van der Waals surface area (Å²) >= 11 is 4.88. The molecule has 2 aromatic heterocycles. The quantitative estimate of drug-likeness (QED) is 0.794. The average Bonchev–Trinajstić information content (AvgIpc) is 3.01. The van der Waals surface area contributed by atoms with Crippen molar-refractivity contribution in [2.75, 3.05) is 19.7 Å². The van der Waals surface area contributed by atoms with Gasteiger partial charge in [0.05, 0.1) is 17.2 Å². The molecule has 1 saturated heterocycles. The van der Waals surface area contributed by atoms with Crippen molar-refractivity contribution in [3.63, 3.8) is 0 Å². The number of aromatic nitrogens is 2. The fourth-order valence-corrected chi connectivity index (χ4v) is 3.94. The largest absolute Gasteiger partial charge is 0.476 e. The van der Waals surface area contributed by atoms with Crippen LogP contribution in [0.4, 0.5) is 0 Å². The molecule has 1 fully saturated rings. The van der Waals surface area contributed by atoms with E-state index in [-0.39, 0.29) is 5.91 Å². The van der Waals surface area contributed by atoms with Crippen LogP contribution in [-0.2, 0) is 0 Å². The van der Waals surface area contributed by atoms with E-state index >= 15 is 0 Å². The van der Waals surface area contributed by atoms with E-state index in [0.717, 1.165) is 41.0 Å². The Bertz CT molecular complexity index is 666. The van der Waals surface area contributed by atoms with Crippen molar-refractivity contribution in [3.8, 4) is 5.88 Å². The van der Waals surface area contributed by atoms with Crippen molar-refractivity contribution in [2.24, 2.45) is 5.92 Å². The Morgan fingerprint density at radius 3 is 2.78 bits per heavy atom. The van der Waals surface area contributed by atoms with E-state index in [9.17, 15) is 4.79 Å². The van der Waals surface area contributed by atoms with Gasteiger partial charge in [0, 0.05) is 29.0 Å². The van der Waals surface area contributed by atoms with Crippen molar-refractivity contribution in [1.29, 1.82) is 0 Å². The zero-order chi connectivity index (χ0) is 16.2. The fourth-order valence-electron chi connectivity index (χ4n) is 2.55. The molecule has 0 aliphatic carbocycles. The highest BCUT2D eigenvalue weighted by molar-refractivity contribution is 9.10. The molecule has 0 atom stereocenters. The van der Waals surface area contributed by atoms with E-state index in [4.69, 9.17) is 4.74 Å². The van der Waals surface area contributed by atoms with Gasteiger partial charge in [0.1, 0.15) is 0 Å². The molecule has 0 unspecified atom stereocenters. The molecule has 1 aliphatic heterocycles.